The van der Waals surface area contributed by atoms with Crippen LogP contribution in [0.25, 0.3) is 10.9 Å². The first-order chi connectivity index (χ1) is 9.99. The molecule has 0 spiro atoms. The Morgan fingerprint density at radius 1 is 1.38 bits per heavy atom. The van der Waals surface area contributed by atoms with Crippen molar-refractivity contribution in [3.63, 3.8) is 0 Å². The lowest BCUT2D eigenvalue weighted by Gasteiger charge is -2.37. The number of hydrogen-bond donors (Lipinski definition) is 1. The summed E-state index contributed by atoms with van der Waals surface area (Å²) in [5.41, 5.74) is 1.90. The Kier molecular flexibility index (Phi) is 3.49. The molecule has 4 nitrogen and oxygen atoms in total. The molecule has 0 saturated carbocycles. The van der Waals surface area contributed by atoms with Gasteiger partial charge in [0.2, 0.25) is 0 Å². The third kappa shape index (κ3) is 2.56. The van der Waals surface area contributed by atoms with Crippen molar-refractivity contribution in [3.8, 4) is 0 Å². The van der Waals surface area contributed by atoms with Crippen LogP contribution in [0.3, 0.4) is 0 Å². The fraction of sp³-hybridized carbons (Fsp3) is 0.471. The summed E-state index contributed by atoms with van der Waals surface area (Å²) in [6.07, 6.45) is 3.89. The summed E-state index contributed by atoms with van der Waals surface area (Å²) in [5.74, 6) is -0.676. The van der Waals surface area contributed by atoms with Gasteiger partial charge in [-0.05, 0) is 37.9 Å². The number of fused-ring (bicyclic) bond motifs is 1. The minimum Gasteiger partial charge on any atom is -0.481 e. The Hall–Kier alpha value is -1.81. The van der Waals surface area contributed by atoms with Crippen LogP contribution < -0.4 is 0 Å². The fourth-order valence-corrected chi connectivity index (χ4v) is 3.45. The number of carbonyl (C=O) groups is 1. The van der Waals surface area contributed by atoms with Gasteiger partial charge in [-0.1, -0.05) is 18.2 Å². The van der Waals surface area contributed by atoms with Crippen LogP contribution in [-0.2, 0) is 18.4 Å². The number of nitrogens with zero attached hydrogens (tertiary/aromatic N) is 2. The van der Waals surface area contributed by atoms with Gasteiger partial charge in [0.15, 0.2) is 0 Å². The molecular formula is C17H22N2O2. The van der Waals surface area contributed by atoms with Crippen LogP contribution in [0.2, 0.25) is 0 Å². The van der Waals surface area contributed by atoms with Gasteiger partial charge in [-0.3, -0.25) is 9.69 Å². The second kappa shape index (κ2) is 5.19. The Labute approximate surface area is 125 Å². The molecule has 0 radical (unpaired) electrons. The molecule has 2 aromatic rings. The van der Waals surface area contributed by atoms with E-state index < -0.39 is 11.4 Å². The molecule has 3 rings (SSSR count). The minimum atomic E-state index is -0.676. The molecule has 1 aromatic heterocycles. The average Bonchev–Trinajstić information content (AvgIpc) is 2.76. The highest BCUT2D eigenvalue weighted by Gasteiger charge is 2.37. The van der Waals surface area contributed by atoms with Crippen LogP contribution in [0.4, 0.5) is 0 Å². The second-order valence-electron chi connectivity index (χ2n) is 6.46. The Morgan fingerprint density at radius 3 is 2.90 bits per heavy atom. The minimum absolute atomic E-state index is 0.608. The van der Waals surface area contributed by atoms with Crippen molar-refractivity contribution in [2.45, 2.75) is 26.3 Å². The van der Waals surface area contributed by atoms with Gasteiger partial charge < -0.3 is 9.67 Å². The molecule has 0 bridgehead atoms. The van der Waals surface area contributed by atoms with E-state index >= 15 is 0 Å². The van der Waals surface area contributed by atoms with Crippen LogP contribution in [0.15, 0.2) is 30.5 Å². The lowest BCUT2D eigenvalue weighted by molar-refractivity contribution is -0.151. The van der Waals surface area contributed by atoms with Crippen molar-refractivity contribution in [2.75, 3.05) is 13.1 Å². The van der Waals surface area contributed by atoms with Crippen molar-refractivity contribution in [2.24, 2.45) is 12.5 Å². The summed E-state index contributed by atoms with van der Waals surface area (Å²) >= 11 is 0. The molecule has 1 unspecified atom stereocenters. The SMILES string of the molecule is Cn1cc(CN2CCCC(C)(C(=O)O)C2)c2ccccc21. The molecule has 1 aromatic carbocycles. The number of para-hydroxylation sites is 1. The summed E-state index contributed by atoms with van der Waals surface area (Å²) in [4.78, 5) is 13.7. The molecule has 1 fully saturated rings. The largest absolute Gasteiger partial charge is 0.481 e. The van der Waals surface area contributed by atoms with E-state index in [0.29, 0.717) is 6.54 Å². The highest BCUT2D eigenvalue weighted by atomic mass is 16.4. The van der Waals surface area contributed by atoms with Crippen LogP contribution in [0, 0.1) is 5.41 Å². The van der Waals surface area contributed by atoms with E-state index in [4.69, 9.17) is 0 Å². The lowest BCUT2D eigenvalue weighted by Crippen LogP contribution is -2.45. The first kappa shape index (κ1) is 14.1. The molecule has 21 heavy (non-hydrogen) atoms. The zero-order chi connectivity index (χ0) is 15.0. The number of aliphatic carboxylic acids is 1. The lowest BCUT2D eigenvalue weighted by atomic mass is 9.82. The van der Waals surface area contributed by atoms with Gasteiger partial charge in [-0.25, -0.2) is 0 Å². The molecule has 0 aliphatic carbocycles. The number of aryl methyl sites for hydroxylation is 1. The molecule has 1 aliphatic rings. The Morgan fingerprint density at radius 2 is 2.14 bits per heavy atom. The third-order valence-corrected chi connectivity index (χ3v) is 4.67. The van der Waals surface area contributed by atoms with Crippen LogP contribution >= 0.6 is 0 Å². The molecule has 2 heterocycles. The number of hydrogen-bond acceptors (Lipinski definition) is 2. The van der Waals surface area contributed by atoms with Crippen molar-refractivity contribution in [3.05, 3.63) is 36.0 Å². The molecular weight excluding hydrogens is 264 g/mol. The highest BCUT2D eigenvalue weighted by Crippen LogP contribution is 2.31. The first-order valence-electron chi connectivity index (χ1n) is 7.48. The predicted molar refractivity (Wildman–Crippen MR) is 83.2 cm³/mol. The van der Waals surface area contributed by atoms with E-state index in [1.54, 1.807) is 0 Å². The summed E-state index contributed by atoms with van der Waals surface area (Å²) in [6.45, 7) is 4.30. The molecule has 0 amide bonds. The third-order valence-electron chi connectivity index (χ3n) is 4.67. The zero-order valence-electron chi connectivity index (χ0n) is 12.7. The van der Waals surface area contributed by atoms with Gasteiger partial charge >= 0.3 is 5.97 Å². The normalized spacial score (nSPS) is 23.5. The number of benzene rings is 1. The maximum atomic E-state index is 11.5. The highest BCUT2D eigenvalue weighted by molar-refractivity contribution is 5.83. The van der Waals surface area contributed by atoms with Crippen molar-refractivity contribution < 1.29 is 9.90 Å². The number of likely N-dealkylation sites (tertiary alicyclic amines) is 1. The zero-order valence-corrected chi connectivity index (χ0v) is 12.7. The number of aromatic nitrogens is 1. The van der Waals surface area contributed by atoms with E-state index in [2.05, 4.69) is 47.0 Å². The van der Waals surface area contributed by atoms with Gasteiger partial charge in [-0.2, -0.15) is 0 Å². The van der Waals surface area contributed by atoms with Crippen molar-refractivity contribution >= 4 is 16.9 Å². The molecule has 1 atom stereocenters. The van der Waals surface area contributed by atoms with Gasteiger partial charge in [0, 0.05) is 37.2 Å². The standard InChI is InChI=1S/C17H22N2O2/c1-17(16(20)21)8-5-9-19(12-17)11-13-10-18(2)15-7-4-3-6-14(13)15/h3-4,6-7,10H,5,8-9,11-12H2,1-2H3,(H,20,21). The van der Waals surface area contributed by atoms with Gasteiger partial charge in [-0.15, -0.1) is 0 Å². The van der Waals surface area contributed by atoms with Crippen LogP contribution in [-0.4, -0.2) is 33.6 Å². The smallest absolute Gasteiger partial charge is 0.310 e. The van der Waals surface area contributed by atoms with Gasteiger partial charge in [0.25, 0.3) is 0 Å². The van der Waals surface area contributed by atoms with E-state index in [1.807, 2.05) is 6.92 Å². The summed E-state index contributed by atoms with van der Waals surface area (Å²) in [7, 11) is 2.06. The van der Waals surface area contributed by atoms with E-state index in [0.717, 1.165) is 25.9 Å². The maximum absolute atomic E-state index is 11.5. The predicted octanol–water partition coefficient (Wildman–Crippen LogP) is 2.87. The van der Waals surface area contributed by atoms with Crippen molar-refractivity contribution in [1.82, 2.24) is 9.47 Å². The summed E-state index contributed by atoms with van der Waals surface area (Å²) in [5, 5.41) is 10.7. The fourth-order valence-electron chi connectivity index (χ4n) is 3.45. The van der Waals surface area contributed by atoms with E-state index in [1.165, 1.54) is 16.5 Å². The van der Waals surface area contributed by atoms with Gasteiger partial charge in [0.05, 0.1) is 5.41 Å². The van der Waals surface area contributed by atoms with Crippen LogP contribution in [0.1, 0.15) is 25.3 Å². The Balaban J connectivity index is 1.84. The van der Waals surface area contributed by atoms with Crippen molar-refractivity contribution in [1.29, 1.82) is 0 Å². The molecule has 112 valence electrons. The van der Waals surface area contributed by atoms with E-state index in [-0.39, 0.29) is 0 Å². The van der Waals surface area contributed by atoms with E-state index in [9.17, 15) is 9.90 Å². The van der Waals surface area contributed by atoms with Crippen LogP contribution in [0.5, 0.6) is 0 Å². The molecule has 4 heteroatoms. The first-order valence-corrected chi connectivity index (χ1v) is 7.48. The second-order valence-corrected chi connectivity index (χ2v) is 6.46. The Bertz CT molecular complexity index is 676. The monoisotopic (exact) mass is 286 g/mol. The number of carboxylic acid groups (broad SMARTS) is 1. The topological polar surface area (TPSA) is 45.5 Å². The maximum Gasteiger partial charge on any atom is 0.310 e. The van der Waals surface area contributed by atoms with Gasteiger partial charge in [0.1, 0.15) is 0 Å². The number of rotatable bonds is 3. The molecule has 1 N–H and O–H groups in total. The summed E-state index contributed by atoms with van der Waals surface area (Å²) in [6, 6.07) is 8.37. The quantitative estimate of drug-likeness (QED) is 0.943. The molecule has 1 saturated heterocycles. The average molecular weight is 286 g/mol. The molecule has 1 aliphatic heterocycles. The number of piperidine rings is 1. The number of carboxylic acids is 1. The summed E-state index contributed by atoms with van der Waals surface area (Å²) < 4.78 is 2.14.